The summed E-state index contributed by atoms with van der Waals surface area (Å²) in [7, 11) is 0. The molecule has 0 spiro atoms. The van der Waals surface area contributed by atoms with Crippen molar-refractivity contribution in [3.63, 3.8) is 0 Å². The zero-order valence-corrected chi connectivity index (χ0v) is 37.9. The number of carboxylic acid groups (broad SMARTS) is 2. The molecule has 0 saturated carbocycles. The molecule has 0 aromatic carbocycles. The number of carboxylic acids is 2. The zero-order chi connectivity index (χ0) is 44.6. The Hall–Kier alpha value is -2.44. The minimum absolute atomic E-state index is 0.0483. The van der Waals surface area contributed by atoms with Gasteiger partial charge in [0.05, 0.1) is 71.5 Å². The van der Waals surface area contributed by atoms with E-state index in [2.05, 4.69) is 27.7 Å². The van der Waals surface area contributed by atoms with Crippen LogP contribution in [-0.2, 0) is 66.5 Å². The van der Waals surface area contributed by atoms with Gasteiger partial charge in [0, 0.05) is 58.9 Å². The van der Waals surface area contributed by atoms with E-state index in [9.17, 15) is 24.3 Å². The lowest BCUT2D eigenvalue weighted by molar-refractivity contribution is -0.153. The van der Waals surface area contributed by atoms with Crippen LogP contribution in [-0.4, -0.2) is 153 Å². The van der Waals surface area contributed by atoms with Gasteiger partial charge in [0.1, 0.15) is 13.2 Å². The lowest BCUT2D eigenvalue weighted by Gasteiger charge is -2.29. The van der Waals surface area contributed by atoms with E-state index in [0.717, 1.165) is 64.6 Å². The highest BCUT2D eigenvalue weighted by Gasteiger charge is 2.37. The fourth-order valence-corrected chi connectivity index (χ4v) is 5.19. The van der Waals surface area contributed by atoms with E-state index >= 15 is 0 Å². The van der Waals surface area contributed by atoms with E-state index in [4.69, 9.17) is 52.5 Å². The average Bonchev–Trinajstić information content (AvgIpc) is 3.22. The molecule has 16 nitrogen and oxygen atoms in total. The number of hydrogen-bond acceptors (Lipinski definition) is 14. The number of unbranched alkanes of at least 4 members (excludes halogenated alkanes) is 5. The molecule has 0 saturated heterocycles. The molecule has 2 N–H and O–H groups in total. The third kappa shape index (κ3) is 43.6. The number of carbonyl (C=O) groups is 4. The predicted molar refractivity (Wildman–Crippen MR) is 227 cm³/mol. The SMILES string of the molecule is CCCCOCCOCCC(CCCC(=O)O)(CCOCCOCCCC)C(=O)O.CCCCOCCOCCOC(=O)CCCCC(=O)OCCOCCOCCCC. The summed E-state index contributed by atoms with van der Waals surface area (Å²) in [5, 5.41) is 18.8. The molecule has 356 valence electrons. The predicted octanol–water partition coefficient (Wildman–Crippen LogP) is 7.06. The number of esters is 2. The van der Waals surface area contributed by atoms with Crippen LogP contribution in [0.4, 0.5) is 0 Å². The van der Waals surface area contributed by atoms with Crippen LogP contribution in [0, 0.1) is 5.41 Å². The molecule has 0 amide bonds. The van der Waals surface area contributed by atoms with Gasteiger partial charge in [0.2, 0.25) is 0 Å². The molecule has 16 heteroatoms. The zero-order valence-electron chi connectivity index (χ0n) is 37.9. The van der Waals surface area contributed by atoms with Crippen LogP contribution in [0.3, 0.4) is 0 Å². The van der Waals surface area contributed by atoms with Gasteiger partial charge < -0.3 is 57.6 Å². The molecule has 0 atom stereocenters. The monoisotopic (exact) mass is 869 g/mol. The molecule has 0 radical (unpaired) electrons. The molecule has 0 rings (SSSR count). The maximum Gasteiger partial charge on any atom is 0.309 e. The first-order valence-corrected chi connectivity index (χ1v) is 22.6. The van der Waals surface area contributed by atoms with Gasteiger partial charge in [0.25, 0.3) is 0 Å². The lowest BCUT2D eigenvalue weighted by Crippen LogP contribution is -2.34. The molecule has 0 unspecified atom stereocenters. The summed E-state index contributed by atoms with van der Waals surface area (Å²) in [5.74, 6) is -2.41. The molecular weight excluding hydrogens is 784 g/mol. The van der Waals surface area contributed by atoms with Crippen molar-refractivity contribution in [2.45, 2.75) is 137 Å². The van der Waals surface area contributed by atoms with Gasteiger partial charge >= 0.3 is 23.9 Å². The van der Waals surface area contributed by atoms with Gasteiger partial charge in [0.15, 0.2) is 0 Å². The summed E-state index contributed by atoms with van der Waals surface area (Å²) in [4.78, 5) is 46.1. The summed E-state index contributed by atoms with van der Waals surface area (Å²) >= 11 is 0. The van der Waals surface area contributed by atoms with Crippen LogP contribution in [0.15, 0.2) is 0 Å². The molecule has 0 fully saturated rings. The maximum absolute atomic E-state index is 12.1. The van der Waals surface area contributed by atoms with E-state index in [1.165, 1.54) is 0 Å². The van der Waals surface area contributed by atoms with Crippen LogP contribution < -0.4 is 0 Å². The Morgan fingerprint density at radius 2 is 0.650 bits per heavy atom. The minimum Gasteiger partial charge on any atom is -0.481 e. The lowest BCUT2D eigenvalue weighted by atomic mass is 9.77. The first-order valence-electron chi connectivity index (χ1n) is 22.6. The van der Waals surface area contributed by atoms with E-state index < -0.39 is 17.4 Å². The number of ether oxygens (including phenoxy) is 10. The van der Waals surface area contributed by atoms with Crippen molar-refractivity contribution in [3.8, 4) is 0 Å². The van der Waals surface area contributed by atoms with Gasteiger partial charge in [-0.2, -0.15) is 0 Å². The first-order chi connectivity index (χ1) is 29.2. The second-order valence-corrected chi connectivity index (χ2v) is 14.3. The number of rotatable bonds is 46. The standard InChI is InChI=1S/2C22H42O8/c1-3-5-12-27-16-18-29-14-10-22(21(25)26,9-7-8-20(23)24)11-15-30-19-17-28-13-6-4-2;1-3-5-11-25-13-15-27-17-19-29-21(23)9-7-8-10-22(24)30-20-18-28-16-14-26-12-6-4-2/h3-19H2,1-2H3,(H,23,24)(H,25,26);3-20H2,1-2H3. The molecular formula is C44H84O16. The highest BCUT2D eigenvalue weighted by atomic mass is 16.6. The van der Waals surface area contributed by atoms with E-state index in [1.807, 2.05) is 0 Å². The van der Waals surface area contributed by atoms with E-state index in [-0.39, 0.29) is 64.0 Å². The molecule has 0 aliphatic rings. The van der Waals surface area contributed by atoms with Crippen molar-refractivity contribution in [1.29, 1.82) is 0 Å². The second kappa shape index (κ2) is 47.6. The number of aliphatic carboxylic acids is 2. The van der Waals surface area contributed by atoms with Crippen LogP contribution in [0.25, 0.3) is 0 Å². The van der Waals surface area contributed by atoms with Crippen molar-refractivity contribution in [1.82, 2.24) is 0 Å². The molecule has 0 aromatic rings. The molecule has 60 heavy (non-hydrogen) atoms. The van der Waals surface area contributed by atoms with Crippen molar-refractivity contribution in [2.24, 2.45) is 5.41 Å². The fraction of sp³-hybridized carbons (Fsp3) is 0.909. The summed E-state index contributed by atoms with van der Waals surface area (Å²) in [6.45, 7) is 17.0. The van der Waals surface area contributed by atoms with Gasteiger partial charge in [-0.25, -0.2) is 0 Å². The normalized spacial score (nSPS) is 11.3. The number of carbonyl (C=O) groups excluding carboxylic acids is 2. The van der Waals surface area contributed by atoms with E-state index in [1.54, 1.807) is 0 Å². The quantitative estimate of drug-likeness (QED) is 0.0465. The van der Waals surface area contributed by atoms with Gasteiger partial charge in [-0.1, -0.05) is 53.4 Å². The Balaban J connectivity index is 0. The third-order valence-electron chi connectivity index (χ3n) is 9.00. The average molecular weight is 869 g/mol. The Morgan fingerprint density at radius 1 is 0.350 bits per heavy atom. The highest BCUT2D eigenvalue weighted by Crippen LogP contribution is 2.34. The number of hydrogen-bond donors (Lipinski definition) is 2. The van der Waals surface area contributed by atoms with Gasteiger partial charge in [-0.3, -0.25) is 19.2 Å². The Bertz CT molecular complexity index is 911. The first kappa shape index (κ1) is 59.7. The van der Waals surface area contributed by atoms with Crippen LogP contribution in [0.1, 0.15) is 137 Å². The highest BCUT2D eigenvalue weighted by molar-refractivity contribution is 5.75. The molecule has 0 bridgehead atoms. The smallest absolute Gasteiger partial charge is 0.309 e. The molecule has 0 aliphatic carbocycles. The minimum atomic E-state index is -1.05. The Morgan fingerprint density at radius 3 is 0.950 bits per heavy atom. The summed E-state index contributed by atoms with van der Waals surface area (Å²) < 4.78 is 53.5. The fourth-order valence-electron chi connectivity index (χ4n) is 5.19. The summed E-state index contributed by atoms with van der Waals surface area (Å²) in [6.07, 6.45) is 11.4. The van der Waals surface area contributed by atoms with Crippen LogP contribution >= 0.6 is 0 Å². The third-order valence-corrected chi connectivity index (χ3v) is 9.00. The largest absolute Gasteiger partial charge is 0.481 e. The topological polar surface area (TPSA) is 201 Å². The second-order valence-electron chi connectivity index (χ2n) is 14.3. The Labute approximate surface area is 361 Å². The van der Waals surface area contributed by atoms with Gasteiger partial charge in [-0.05, 0) is 64.2 Å². The van der Waals surface area contributed by atoms with Crippen molar-refractivity contribution < 1.29 is 76.8 Å². The summed E-state index contributed by atoms with van der Waals surface area (Å²) in [6, 6.07) is 0. The molecule has 0 aliphatic heterocycles. The van der Waals surface area contributed by atoms with E-state index in [0.29, 0.717) is 111 Å². The van der Waals surface area contributed by atoms with Gasteiger partial charge in [-0.15, -0.1) is 0 Å². The van der Waals surface area contributed by atoms with Crippen molar-refractivity contribution >= 4 is 23.9 Å². The maximum atomic E-state index is 12.1. The van der Waals surface area contributed by atoms with Crippen LogP contribution in [0.2, 0.25) is 0 Å². The molecule has 0 heterocycles. The van der Waals surface area contributed by atoms with Crippen molar-refractivity contribution in [2.75, 3.05) is 119 Å². The Kier molecular flexibility index (Phi) is 47.3. The molecule has 0 aromatic heterocycles. The van der Waals surface area contributed by atoms with Crippen molar-refractivity contribution in [3.05, 3.63) is 0 Å². The summed E-state index contributed by atoms with van der Waals surface area (Å²) in [5.41, 5.74) is -1.05. The van der Waals surface area contributed by atoms with Crippen LogP contribution in [0.5, 0.6) is 0 Å².